The van der Waals surface area contributed by atoms with Gasteiger partial charge in [-0.1, -0.05) is 12.1 Å². The van der Waals surface area contributed by atoms with Crippen LogP contribution in [0.25, 0.3) is 0 Å². The quantitative estimate of drug-likeness (QED) is 0.387. The molecular formula is C26H34N4. The Kier molecular flexibility index (Phi) is 7.61. The number of benzene rings is 3. The summed E-state index contributed by atoms with van der Waals surface area (Å²) in [6.45, 7) is 12.8. The average molecular weight is 403 g/mol. The smallest absolute Gasteiger partial charge is 0.0623 e. The van der Waals surface area contributed by atoms with E-state index in [-0.39, 0.29) is 0 Å². The van der Waals surface area contributed by atoms with Crippen molar-refractivity contribution in [2.75, 3.05) is 46.6 Å². The molecule has 0 unspecified atom stereocenters. The van der Waals surface area contributed by atoms with Crippen LogP contribution in [0.5, 0.6) is 0 Å². The van der Waals surface area contributed by atoms with E-state index in [1.807, 2.05) is 0 Å². The molecule has 30 heavy (non-hydrogen) atoms. The average Bonchev–Trinajstić information content (AvgIpc) is 2.79. The van der Waals surface area contributed by atoms with E-state index in [1.54, 1.807) is 0 Å². The lowest BCUT2D eigenvalue weighted by Crippen LogP contribution is -2.21. The second kappa shape index (κ2) is 10.6. The highest BCUT2D eigenvalue weighted by Crippen LogP contribution is 2.30. The van der Waals surface area contributed by atoms with Crippen molar-refractivity contribution in [2.45, 2.75) is 27.7 Å². The first-order valence-electron chi connectivity index (χ1n) is 11.0. The van der Waals surface area contributed by atoms with Crippen LogP contribution in [0.2, 0.25) is 0 Å². The van der Waals surface area contributed by atoms with Gasteiger partial charge >= 0.3 is 0 Å². The predicted molar refractivity (Wildman–Crippen MR) is 133 cm³/mol. The summed E-state index contributed by atoms with van der Waals surface area (Å²) < 4.78 is 0. The van der Waals surface area contributed by atoms with E-state index in [9.17, 15) is 0 Å². The van der Waals surface area contributed by atoms with Gasteiger partial charge in [0.2, 0.25) is 0 Å². The van der Waals surface area contributed by atoms with Gasteiger partial charge in [0, 0.05) is 48.9 Å². The van der Waals surface area contributed by atoms with Crippen molar-refractivity contribution in [1.29, 1.82) is 0 Å². The zero-order valence-corrected chi connectivity index (χ0v) is 18.7. The molecule has 0 fully saturated rings. The molecule has 3 aromatic rings. The third kappa shape index (κ3) is 5.26. The SMILES string of the molecule is CCN(CC)c1ccc(Nc2ccccc2Nc2ccc(N(CC)CC)cc2)cc1. The molecule has 0 saturated carbocycles. The number of nitrogens with zero attached hydrogens (tertiary/aromatic N) is 2. The van der Waals surface area contributed by atoms with Gasteiger partial charge in [0.1, 0.15) is 0 Å². The molecule has 0 saturated heterocycles. The van der Waals surface area contributed by atoms with Crippen LogP contribution in [0, 0.1) is 0 Å². The van der Waals surface area contributed by atoms with Crippen LogP contribution in [-0.4, -0.2) is 26.2 Å². The molecular weight excluding hydrogens is 368 g/mol. The maximum absolute atomic E-state index is 3.55. The lowest BCUT2D eigenvalue weighted by molar-refractivity contribution is 0.866. The Morgan fingerprint density at radius 1 is 0.500 bits per heavy atom. The minimum absolute atomic E-state index is 1.02. The molecule has 0 aliphatic heterocycles. The molecule has 2 N–H and O–H groups in total. The maximum atomic E-state index is 3.55. The summed E-state index contributed by atoms with van der Waals surface area (Å²) in [7, 11) is 0. The fourth-order valence-corrected chi connectivity index (χ4v) is 3.70. The van der Waals surface area contributed by atoms with E-state index in [2.05, 4.69) is 121 Å². The predicted octanol–water partition coefficient (Wildman–Crippen LogP) is 6.87. The van der Waals surface area contributed by atoms with Crippen LogP contribution >= 0.6 is 0 Å². The Bertz CT molecular complexity index is 819. The molecule has 0 amide bonds. The third-order valence-corrected chi connectivity index (χ3v) is 5.48. The highest BCUT2D eigenvalue weighted by molar-refractivity contribution is 5.79. The van der Waals surface area contributed by atoms with Crippen LogP contribution in [0.3, 0.4) is 0 Å². The van der Waals surface area contributed by atoms with Gasteiger partial charge in [0.05, 0.1) is 11.4 Å². The van der Waals surface area contributed by atoms with Gasteiger partial charge < -0.3 is 20.4 Å². The van der Waals surface area contributed by atoms with Gasteiger partial charge in [-0.05, 0) is 88.4 Å². The van der Waals surface area contributed by atoms with E-state index in [0.717, 1.165) is 48.9 Å². The van der Waals surface area contributed by atoms with Gasteiger partial charge in [-0.15, -0.1) is 0 Å². The van der Waals surface area contributed by atoms with Crippen LogP contribution < -0.4 is 20.4 Å². The zero-order valence-electron chi connectivity index (χ0n) is 18.7. The first-order valence-corrected chi connectivity index (χ1v) is 11.0. The van der Waals surface area contributed by atoms with Crippen molar-refractivity contribution in [2.24, 2.45) is 0 Å². The molecule has 0 aliphatic rings. The van der Waals surface area contributed by atoms with Crippen LogP contribution in [0.4, 0.5) is 34.1 Å². The van der Waals surface area contributed by atoms with E-state index in [0.29, 0.717) is 0 Å². The van der Waals surface area contributed by atoms with E-state index in [1.165, 1.54) is 11.4 Å². The number of hydrogen-bond donors (Lipinski definition) is 2. The summed E-state index contributed by atoms with van der Waals surface area (Å²) in [5.74, 6) is 0. The second-order valence-corrected chi connectivity index (χ2v) is 7.23. The van der Waals surface area contributed by atoms with Gasteiger partial charge in [-0.3, -0.25) is 0 Å². The van der Waals surface area contributed by atoms with Gasteiger partial charge in [0.25, 0.3) is 0 Å². The summed E-state index contributed by atoms with van der Waals surface area (Å²) in [6, 6.07) is 25.6. The van der Waals surface area contributed by atoms with Crippen LogP contribution in [0.15, 0.2) is 72.8 Å². The van der Waals surface area contributed by atoms with Crippen LogP contribution in [0.1, 0.15) is 27.7 Å². The van der Waals surface area contributed by atoms with Gasteiger partial charge in [-0.2, -0.15) is 0 Å². The highest BCUT2D eigenvalue weighted by Gasteiger charge is 2.06. The van der Waals surface area contributed by atoms with E-state index in [4.69, 9.17) is 0 Å². The van der Waals surface area contributed by atoms with Crippen LogP contribution in [-0.2, 0) is 0 Å². The molecule has 4 nitrogen and oxygen atoms in total. The Balaban J connectivity index is 1.73. The summed E-state index contributed by atoms with van der Waals surface area (Å²) in [4.78, 5) is 4.70. The molecule has 0 bridgehead atoms. The minimum atomic E-state index is 1.02. The van der Waals surface area contributed by atoms with Crippen molar-refractivity contribution in [1.82, 2.24) is 0 Å². The fourth-order valence-electron chi connectivity index (χ4n) is 3.70. The summed E-state index contributed by atoms with van der Waals surface area (Å²) in [5, 5.41) is 7.11. The zero-order chi connectivity index (χ0) is 21.3. The molecule has 0 radical (unpaired) electrons. The molecule has 0 spiro atoms. The van der Waals surface area contributed by atoms with E-state index < -0.39 is 0 Å². The Hall–Kier alpha value is -3.14. The number of rotatable bonds is 10. The summed E-state index contributed by atoms with van der Waals surface area (Å²) in [6.07, 6.45) is 0. The second-order valence-electron chi connectivity index (χ2n) is 7.23. The number of anilines is 6. The third-order valence-electron chi connectivity index (χ3n) is 5.48. The molecule has 0 aromatic heterocycles. The largest absolute Gasteiger partial charge is 0.372 e. The molecule has 0 heterocycles. The number of para-hydroxylation sites is 2. The summed E-state index contributed by atoms with van der Waals surface area (Å²) in [5.41, 5.74) is 6.78. The molecule has 158 valence electrons. The molecule has 3 rings (SSSR count). The van der Waals surface area contributed by atoms with Gasteiger partial charge in [0.15, 0.2) is 0 Å². The standard InChI is InChI=1S/C26H34N4/c1-5-29(6-2)23-17-13-21(14-18-23)27-25-11-9-10-12-26(25)28-22-15-19-24(20-16-22)30(7-3)8-4/h9-20,27-28H,5-8H2,1-4H3. The van der Waals surface area contributed by atoms with Crippen molar-refractivity contribution in [3.63, 3.8) is 0 Å². The van der Waals surface area contributed by atoms with Crippen molar-refractivity contribution < 1.29 is 0 Å². The fraction of sp³-hybridized carbons (Fsp3) is 0.308. The maximum Gasteiger partial charge on any atom is 0.0623 e. The van der Waals surface area contributed by atoms with Gasteiger partial charge in [-0.25, -0.2) is 0 Å². The number of nitrogens with one attached hydrogen (secondary N) is 2. The summed E-state index contributed by atoms with van der Waals surface area (Å²) >= 11 is 0. The normalized spacial score (nSPS) is 10.5. The van der Waals surface area contributed by atoms with Crippen molar-refractivity contribution >= 4 is 34.1 Å². The topological polar surface area (TPSA) is 30.5 Å². The molecule has 4 heteroatoms. The van der Waals surface area contributed by atoms with E-state index >= 15 is 0 Å². The lowest BCUT2D eigenvalue weighted by Gasteiger charge is -2.22. The van der Waals surface area contributed by atoms with Crippen molar-refractivity contribution in [3.05, 3.63) is 72.8 Å². The Labute approximate surface area is 181 Å². The monoisotopic (exact) mass is 402 g/mol. The first-order chi connectivity index (χ1) is 14.7. The Morgan fingerprint density at radius 3 is 1.13 bits per heavy atom. The highest BCUT2D eigenvalue weighted by atomic mass is 15.1. The van der Waals surface area contributed by atoms with Crippen molar-refractivity contribution in [3.8, 4) is 0 Å². The number of hydrogen-bond acceptors (Lipinski definition) is 4. The molecule has 3 aromatic carbocycles. The molecule has 0 aliphatic carbocycles. The first kappa shape index (κ1) is 21.6. The lowest BCUT2D eigenvalue weighted by atomic mass is 10.2. The minimum Gasteiger partial charge on any atom is -0.372 e. The molecule has 0 atom stereocenters. The Morgan fingerprint density at radius 2 is 0.833 bits per heavy atom.